The zero-order valence-electron chi connectivity index (χ0n) is 17.9. The second-order valence-corrected chi connectivity index (χ2v) is 8.92. The number of rotatable bonds is 5. The van der Waals surface area contributed by atoms with Gasteiger partial charge in [0.1, 0.15) is 19.2 Å². The van der Waals surface area contributed by atoms with Crippen LogP contribution in [0, 0.1) is 5.92 Å². The summed E-state index contributed by atoms with van der Waals surface area (Å²) in [6, 6.07) is 8.60. The molecule has 0 bridgehead atoms. The molecule has 3 aliphatic heterocycles. The van der Waals surface area contributed by atoms with Gasteiger partial charge in [-0.05, 0) is 36.8 Å². The lowest BCUT2D eigenvalue weighted by molar-refractivity contribution is -0.136. The number of amides is 2. The minimum absolute atomic E-state index is 0.0744. The lowest BCUT2D eigenvalue weighted by Crippen LogP contribution is -2.46. The average molecular weight is 423 g/mol. The van der Waals surface area contributed by atoms with Gasteiger partial charge in [-0.1, -0.05) is 24.6 Å². The van der Waals surface area contributed by atoms with E-state index in [0.717, 1.165) is 51.9 Å². The highest BCUT2D eigenvalue weighted by Gasteiger charge is 2.41. The minimum Gasteiger partial charge on any atom is -0.370 e. The predicted octanol–water partition coefficient (Wildman–Crippen LogP) is 1.57. The summed E-state index contributed by atoms with van der Waals surface area (Å²) in [5.74, 6) is 0.658. The van der Waals surface area contributed by atoms with Crippen molar-refractivity contribution >= 4 is 17.5 Å². The van der Waals surface area contributed by atoms with Crippen LogP contribution in [0.1, 0.15) is 31.2 Å². The van der Waals surface area contributed by atoms with Gasteiger partial charge in [0.05, 0.1) is 6.04 Å². The fraction of sp³-hybridized carbons (Fsp3) is 0.565. The van der Waals surface area contributed by atoms with Gasteiger partial charge in [-0.2, -0.15) is 5.10 Å². The molecule has 164 valence electrons. The quantitative estimate of drug-likeness (QED) is 0.731. The van der Waals surface area contributed by atoms with Crippen LogP contribution in [0.5, 0.6) is 0 Å². The number of likely N-dealkylation sites (tertiary alicyclic amines) is 2. The van der Waals surface area contributed by atoms with Crippen molar-refractivity contribution in [3.8, 4) is 0 Å². The molecule has 0 radical (unpaired) electrons. The van der Waals surface area contributed by atoms with E-state index in [1.54, 1.807) is 11.0 Å². The molecule has 0 aliphatic carbocycles. The topological polar surface area (TPSA) is 74.6 Å². The predicted molar refractivity (Wildman–Crippen MR) is 116 cm³/mol. The molecule has 2 atom stereocenters. The smallest absolute Gasteiger partial charge is 0.244 e. The van der Waals surface area contributed by atoms with Gasteiger partial charge < -0.3 is 14.7 Å². The van der Waals surface area contributed by atoms with E-state index in [9.17, 15) is 9.59 Å². The Morgan fingerprint density at radius 2 is 1.97 bits per heavy atom. The Bertz CT molecular complexity index is 930. The van der Waals surface area contributed by atoms with E-state index in [0.29, 0.717) is 18.9 Å². The van der Waals surface area contributed by atoms with Gasteiger partial charge >= 0.3 is 0 Å². The molecule has 0 saturated carbocycles. The van der Waals surface area contributed by atoms with Crippen molar-refractivity contribution in [2.45, 2.75) is 44.7 Å². The van der Waals surface area contributed by atoms with Crippen molar-refractivity contribution in [1.29, 1.82) is 0 Å². The highest BCUT2D eigenvalue weighted by molar-refractivity contribution is 5.79. The molecular formula is C23H30N6O2. The number of anilines is 1. The van der Waals surface area contributed by atoms with Crippen LogP contribution in [-0.2, 0) is 22.6 Å². The Balaban J connectivity index is 1.20. The van der Waals surface area contributed by atoms with E-state index >= 15 is 0 Å². The molecule has 3 aliphatic rings. The molecule has 2 fully saturated rings. The van der Waals surface area contributed by atoms with Gasteiger partial charge in [-0.15, -0.1) is 0 Å². The van der Waals surface area contributed by atoms with Crippen LogP contribution in [0.25, 0.3) is 0 Å². The van der Waals surface area contributed by atoms with Crippen molar-refractivity contribution < 1.29 is 9.59 Å². The van der Waals surface area contributed by atoms with Gasteiger partial charge in [0.15, 0.2) is 0 Å². The van der Waals surface area contributed by atoms with Crippen molar-refractivity contribution in [3.05, 3.63) is 42.5 Å². The van der Waals surface area contributed by atoms with Crippen molar-refractivity contribution in [2.75, 3.05) is 37.6 Å². The molecule has 0 unspecified atom stereocenters. The summed E-state index contributed by atoms with van der Waals surface area (Å²) in [5.41, 5.74) is 2.65. The Morgan fingerprint density at radius 1 is 1.06 bits per heavy atom. The number of benzene rings is 1. The standard InChI is InChI=1S/C23H30N6O2/c30-22(9-12-26-11-8-18-5-1-2-7-20(18)26)27-13-19-6-3-4-10-29(21(19)14-27)23(31)15-28-17-24-16-25-28/h1-2,5,7,16-17,19,21H,3-4,6,8-15H2/t19-,21+/m0/s1. The van der Waals surface area contributed by atoms with E-state index in [-0.39, 0.29) is 24.4 Å². The first-order valence-electron chi connectivity index (χ1n) is 11.4. The molecule has 31 heavy (non-hydrogen) atoms. The number of fused-ring (bicyclic) bond motifs is 2. The largest absolute Gasteiger partial charge is 0.370 e. The van der Waals surface area contributed by atoms with Gasteiger partial charge in [0, 0.05) is 44.8 Å². The first-order valence-corrected chi connectivity index (χ1v) is 11.4. The number of carbonyl (C=O) groups is 2. The molecule has 0 N–H and O–H groups in total. The highest BCUT2D eigenvalue weighted by atomic mass is 16.2. The van der Waals surface area contributed by atoms with Crippen LogP contribution < -0.4 is 4.90 Å². The average Bonchev–Trinajstić information content (AvgIpc) is 3.50. The van der Waals surface area contributed by atoms with Gasteiger partial charge in [-0.3, -0.25) is 9.59 Å². The maximum atomic E-state index is 13.0. The minimum atomic E-state index is 0.0744. The first-order chi connectivity index (χ1) is 15.2. The van der Waals surface area contributed by atoms with Crippen LogP contribution >= 0.6 is 0 Å². The molecule has 2 amide bonds. The first kappa shape index (κ1) is 20.0. The van der Waals surface area contributed by atoms with E-state index in [1.165, 1.54) is 17.6 Å². The maximum absolute atomic E-state index is 13.0. The van der Waals surface area contributed by atoms with Crippen molar-refractivity contribution in [1.82, 2.24) is 24.6 Å². The van der Waals surface area contributed by atoms with Crippen LogP contribution in [-0.4, -0.2) is 75.1 Å². The molecule has 1 aromatic carbocycles. The third-order valence-electron chi connectivity index (χ3n) is 7.05. The number of nitrogens with zero attached hydrogens (tertiary/aromatic N) is 6. The van der Waals surface area contributed by atoms with E-state index in [1.807, 2.05) is 9.80 Å². The van der Waals surface area contributed by atoms with E-state index in [4.69, 9.17) is 0 Å². The van der Waals surface area contributed by atoms with Crippen LogP contribution in [0.15, 0.2) is 36.9 Å². The molecule has 1 aromatic heterocycles. The Kier molecular flexibility index (Phi) is 5.61. The number of hydrogen-bond donors (Lipinski definition) is 0. The Morgan fingerprint density at radius 3 is 2.84 bits per heavy atom. The molecule has 8 nitrogen and oxygen atoms in total. The number of para-hydroxylation sites is 1. The number of hydrogen-bond acceptors (Lipinski definition) is 5. The molecule has 0 spiro atoms. The molecular weight excluding hydrogens is 392 g/mol. The van der Waals surface area contributed by atoms with Crippen molar-refractivity contribution in [2.24, 2.45) is 5.92 Å². The van der Waals surface area contributed by atoms with Gasteiger partial charge in [0.2, 0.25) is 11.8 Å². The molecule has 2 saturated heterocycles. The van der Waals surface area contributed by atoms with Gasteiger partial charge in [-0.25, -0.2) is 9.67 Å². The van der Waals surface area contributed by atoms with Crippen LogP contribution in [0.3, 0.4) is 0 Å². The third-order valence-corrected chi connectivity index (χ3v) is 7.05. The molecule has 2 aromatic rings. The summed E-state index contributed by atoms with van der Waals surface area (Å²) in [7, 11) is 0. The summed E-state index contributed by atoms with van der Waals surface area (Å²) < 4.78 is 1.58. The summed E-state index contributed by atoms with van der Waals surface area (Å²) >= 11 is 0. The van der Waals surface area contributed by atoms with Crippen LogP contribution in [0.2, 0.25) is 0 Å². The fourth-order valence-electron chi connectivity index (χ4n) is 5.43. The van der Waals surface area contributed by atoms with E-state index in [2.05, 4.69) is 39.2 Å². The zero-order valence-corrected chi connectivity index (χ0v) is 17.9. The summed E-state index contributed by atoms with van der Waals surface area (Å²) in [6.45, 7) is 4.16. The zero-order chi connectivity index (χ0) is 21.2. The highest BCUT2D eigenvalue weighted by Crippen LogP contribution is 2.31. The SMILES string of the molecule is O=C(CCN1CCc2ccccc21)N1C[C@@H]2CCCCN(C(=O)Cn3cncn3)[C@@H]2C1. The normalized spacial score (nSPS) is 22.9. The number of carbonyl (C=O) groups excluding carboxylic acids is 2. The van der Waals surface area contributed by atoms with Crippen LogP contribution in [0.4, 0.5) is 5.69 Å². The van der Waals surface area contributed by atoms with E-state index < -0.39 is 0 Å². The maximum Gasteiger partial charge on any atom is 0.244 e. The summed E-state index contributed by atoms with van der Waals surface area (Å²) in [6.07, 6.45) is 7.84. The summed E-state index contributed by atoms with van der Waals surface area (Å²) in [5, 5.41) is 4.07. The van der Waals surface area contributed by atoms with Crippen molar-refractivity contribution in [3.63, 3.8) is 0 Å². The Labute approximate surface area is 182 Å². The second-order valence-electron chi connectivity index (χ2n) is 8.92. The fourth-order valence-corrected chi connectivity index (χ4v) is 5.43. The number of aromatic nitrogens is 3. The monoisotopic (exact) mass is 422 g/mol. The molecule has 8 heteroatoms. The summed E-state index contributed by atoms with van der Waals surface area (Å²) in [4.78, 5) is 36.3. The Hall–Kier alpha value is -2.90. The molecule has 4 heterocycles. The second kappa shape index (κ2) is 8.69. The molecule has 5 rings (SSSR count). The lowest BCUT2D eigenvalue weighted by atomic mass is 9.98. The lowest BCUT2D eigenvalue weighted by Gasteiger charge is -2.30. The third kappa shape index (κ3) is 4.16. The van der Waals surface area contributed by atoms with Gasteiger partial charge in [0.25, 0.3) is 0 Å².